The molecule has 1 aromatic rings. The van der Waals surface area contributed by atoms with Crippen molar-refractivity contribution < 1.29 is 9.59 Å². The molecule has 1 aromatic carbocycles. The van der Waals surface area contributed by atoms with E-state index in [9.17, 15) is 9.59 Å². The standard InChI is InChI=1S/C19H30N4O2/c1-19(2,3)21-18(25)15-23-11-9-22(10-12-23)14-17(24)20-13-16-7-5-4-6-8-16/h4-8H,9-15H2,1-3H3,(H,20,24)(H,21,25). The van der Waals surface area contributed by atoms with Gasteiger partial charge in [0.25, 0.3) is 0 Å². The zero-order valence-electron chi connectivity index (χ0n) is 15.5. The first-order valence-electron chi connectivity index (χ1n) is 8.88. The fourth-order valence-corrected chi connectivity index (χ4v) is 2.82. The molecule has 0 aromatic heterocycles. The van der Waals surface area contributed by atoms with Crippen molar-refractivity contribution in [3.63, 3.8) is 0 Å². The summed E-state index contributed by atoms with van der Waals surface area (Å²) < 4.78 is 0. The molecule has 0 spiro atoms. The molecule has 0 bridgehead atoms. The van der Waals surface area contributed by atoms with E-state index in [-0.39, 0.29) is 17.4 Å². The molecule has 2 N–H and O–H groups in total. The molecule has 6 heteroatoms. The largest absolute Gasteiger partial charge is 0.351 e. The molecular weight excluding hydrogens is 316 g/mol. The number of benzene rings is 1. The Balaban J connectivity index is 1.64. The first kappa shape index (κ1) is 19.4. The van der Waals surface area contributed by atoms with Crippen LogP contribution in [0.1, 0.15) is 26.3 Å². The molecule has 138 valence electrons. The summed E-state index contributed by atoms with van der Waals surface area (Å²) in [6.07, 6.45) is 0. The Bertz CT molecular complexity index is 561. The van der Waals surface area contributed by atoms with Crippen LogP contribution in [0.5, 0.6) is 0 Å². The molecule has 1 fully saturated rings. The van der Waals surface area contributed by atoms with Gasteiger partial charge in [-0.3, -0.25) is 19.4 Å². The third kappa shape index (κ3) is 7.67. The second-order valence-electron chi connectivity index (χ2n) is 7.61. The lowest BCUT2D eigenvalue weighted by Gasteiger charge is -2.34. The minimum absolute atomic E-state index is 0.0442. The molecule has 0 atom stereocenters. The lowest BCUT2D eigenvalue weighted by Crippen LogP contribution is -2.53. The predicted octanol–water partition coefficient (Wildman–Crippen LogP) is 0.835. The topological polar surface area (TPSA) is 64.7 Å². The summed E-state index contributed by atoms with van der Waals surface area (Å²) in [6, 6.07) is 9.91. The lowest BCUT2D eigenvalue weighted by atomic mass is 10.1. The molecule has 6 nitrogen and oxygen atoms in total. The van der Waals surface area contributed by atoms with Crippen LogP contribution < -0.4 is 10.6 Å². The predicted molar refractivity (Wildman–Crippen MR) is 99.1 cm³/mol. The second-order valence-corrected chi connectivity index (χ2v) is 7.61. The van der Waals surface area contributed by atoms with Crippen LogP contribution in [-0.2, 0) is 16.1 Å². The number of nitrogens with one attached hydrogen (secondary N) is 2. The summed E-state index contributed by atoms with van der Waals surface area (Å²) in [5.41, 5.74) is 0.904. The molecule has 1 aliphatic heterocycles. The number of amides is 2. The highest BCUT2D eigenvalue weighted by Crippen LogP contribution is 2.03. The van der Waals surface area contributed by atoms with E-state index < -0.39 is 0 Å². The fourth-order valence-electron chi connectivity index (χ4n) is 2.82. The van der Waals surface area contributed by atoms with Gasteiger partial charge >= 0.3 is 0 Å². The van der Waals surface area contributed by atoms with E-state index in [4.69, 9.17) is 0 Å². The second kappa shape index (κ2) is 8.97. The van der Waals surface area contributed by atoms with Crippen molar-refractivity contribution in [3.8, 4) is 0 Å². The summed E-state index contributed by atoms with van der Waals surface area (Å²) in [4.78, 5) is 28.3. The summed E-state index contributed by atoms with van der Waals surface area (Å²) in [7, 11) is 0. The molecule has 0 unspecified atom stereocenters. The van der Waals surface area contributed by atoms with Gasteiger partial charge in [0, 0.05) is 38.3 Å². The van der Waals surface area contributed by atoms with Crippen molar-refractivity contribution in [2.24, 2.45) is 0 Å². The molecule has 0 aliphatic carbocycles. The fraction of sp³-hybridized carbons (Fsp3) is 0.579. The van der Waals surface area contributed by atoms with Crippen LogP contribution in [0.25, 0.3) is 0 Å². The number of piperazine rings is 1. The summed E-state index contributed by atoms with van der Waals surface area (Å²) in [5.74, 6) is 0.101. The Morgan fingerprint density at radius 3 is 1.96 bits per heavy atom. The zero-order chi connectivity index (χ0) is 18.3. The molecular formula is C19H30N4O2. The van der Waals surface area contributed by atoms with Crippen LogP contribution in [-0.4, -0.2) is 66.4 Å². The Hall–Kier alpha value is -1.92. The third-order valence-corrected chi connectivity index (χ3v) is 4.05. The van der Waals surface area contributed by atoms with Crippen molar-refractivity contribution in [2.75, 3.05) is 39.3 Å². The number of hydrogen-bond acceptors (Lipinski definition) is 4. The monoisotopic (exact) mass is 346 g/mol. The zero-order valence-corrected chi connectivity index (χ0v) is 15.5. The maximum atomic E-state index is 12.1. The van der Waals surface area contributed by atoms with Gasteiger partial charge in [0.1, 0.15) is 0 Å². The van der Waals surface area contributed by atoms with E-state index in [0.29, 0.717) is 19.6 Å². The third-order valence-electron chi connectivity index (χ3n) is 4.05. The van der Waals surface area contributed by atoms with Crippen LogP contribution >= 0.6 is 0 Å². The minimum Gasteiger partial charge on any atom is -0.351 e. The van der Waals surface area contributed by atoms with Gasteiger partial charge in [-0.25, -0.2) is 0 Å². The van der Waals surface area contributed by atoms with E-state index in [1.54, 1.807) is 0 Å². The SMILES string of the molecule is CC(C)(C)NC(=O)CN1CCN(CC(=O)NCc2ccccc2)CC1. The number of rotatable bonds is 6. The van der Waals surface area contributed by atoms with E-state index in [1.807, 2.05) is 51.1 Å². The van der Waals surface area contributed by atoms with Gasteiger partial charge in [-0.1, -0.05) is 30.3 Å². The molecule has 2 rings (SSSR count). The van der Waals surface area contributed by atoms with Crippen molar-refractivity contribution >= 4 is 11.8 Å². The maximum absolute atomic E-state index is 12.1. The van der Waals surface area contributed by atoms with E-state index >= 15 is 0 Å². The number of hydrogen-bond donors (Lipinski definition) is 2. The highest BCUT2D eigenvalue weighted by Gasteiger charge is 2.22. The first-order valence-corrected chi connectivity index (χ1v) is 8.88. The normalized spacial score (nSPS) is 16.4. The highest BCUT2D eigenvalue weighted by atomic mass is 16.2. The molecule has 1 heterocycles. The lowest BCUT2D eigenvalue weighted by molar-refractivity contribution is -0.125. The van der Waals surface area contributed by atoms with Crippen LogP contribution in [0, 0.1) is 0 Å². The van der Waals surface area contributed by atoms with Gasteiger partial charge in [-0.15, -0.1) is 0 Å². The first-order chi connectivity index (χ1) is 11.8. The van der Waals surface area contributed by atoms with Gasteiger partial charge in [0.2, 0.25) is 11.8 Å². The quantitative estimate of drug-likeness (QED) is 0.801. The molecule has 0 radical (unpaired) electrons. The molecule has 2 amide bonds. The highest BCUT2D eigenvalue weighted by molar-refractivity contribution is 5.79. The maximum Gasteiger partial charge on any atom is 0.234 e. The summed E-state index contributed by atoms with van der Waals surface area (Å²) >= 11 is 0. The Morgan fingerprint density at radius 1 is 0.920 bits per heavy atom. The Morgan fingerprint density at radius 2 is 1.44 bits per heavy atom. The van der Waals surface area contributed by atoms with Gasteiger partial charge in [0.15, 0.2) is 0 Å². The van der Waals surface area contributed by atoms with Gasteiger partial charge in [-0.2, -0.15) is 0 Å². The molecule has 25 heavy (non-hydrogen) atoms. The van der Waals surface area contributed by atoms with Gasteiger partial charge in [0.05, 0.1) is 13.1 Å². The van der Waals surface area contributed by atoms with Crippen LogP contribution in [0.15, 0.2) is 30.3 Å². The van der Waals surface area contributed by atoms with Crippen molar-refractivity contribution in [2.45, 2.75) is 32.9 Å². The number of nitrogens with zero attached hydrogens (tertiary/aromatic N) is 2. The average molecular weight is 346 g/mol. The summed E-state index contributed by atoms with van der Waals surface area (Å²) in [5, 5.41) is 5.94. The van der Waals surface area contributed by atoms with Crippen LogP contribution in [0.2, 0.25) is 0 Å². The smallest absolute Gasteiger partial charge is 0.234 e. The summed E-state index contributed by atoms with van der Waals surface area (Å²) in [6.45, 7) is 10.6. The van der Waals surface area contributed by atoms with Gasteiger partial charge < -0.3 is 10.6 Å². The Kier molecular flexibility index (Phi) is 6.96. The van der Waals surface area contributed by atoms with Crippen LogP contribution in [0.3, 0.4) is 0 Å². The van der Waals surface area contributed by atoms with Crippen molar-refractivity contribution in [1.29, 1.82) is 0 Å². The number of carbonyl (C=O) groups is 2. The minimum atomic E-state index is -0.199. The Labute approximate surface area is 150 Å². The van der Waals surface area contributed by atoms with Gasteiger partial charge in [-0.05, 0) is 26.3 Å². The van der Waals surface area contributed by atoms with Crippen LogP contribution in [0.4, 0.5) is 0 Å². The molecule has 1 aliphatic rings. The van der Waals surface area contributed by atoms with Crippen molar-refractivity contribution in [3.05, 3.63) is 35.9 Å². The average Bonchev–Trinajstić information content (AvgIpc) is 2.54. The molecule has 1 saturated heterocycles. The molecule has 0 saturated carbocycles. The van der Waals surface area contributed by atoms with E-state index in [0.717, 1.165) is 31.7 Å². The number of carbonyl (C=O) groups excluding carboxylic acids is 2. The van der Waals surface area contributed by atoms with Crippen molar-refractivity contribution in [1.82, 2.24) is 20.4 Å². The van der Waals surface area contributed by atoms with E-state index in [1.165, 1.54) is 0 Å². The van der Waals surface area contributed by atoms with E-state index in [2.05, 4.69) is 20.4 Å².